The third kappa shape index (κ3) is 5.12. The van der Waals surface area contributed by atoms with Gasteiger partial charge < -0.3 is 11.1 Å². The topological polar surface area (TPSA) is 101 Å². The summed E-state index contributed by atoms with van der Waals surface area (Å²) in [7, 11) is -3.75. The lowest BCUT2D eigenvalue weighted by Gasteiger charge is -2.15. The number of benzene rings is 2. The number of sulfonamides is 1. The summed E-state index contributed by atoms with van der Waals surface area (Å²) in [4.78, 5) is 12.2. The monoisotopic (exact) mass is 361 g/mol. The smallest absolute Gasteiger partial charge is 0.251 e. The van der Waals surface area contributed by atoms with E-state index in [9.17, 15) is 13.2 Å². The maximum Gasteiger partial charge on any atom is 0.251 e. The molecule has 0 saturated heterocycles. The van der Waals surface area contributed by atoms with Gasteiger partial charge in [-0.2, -0.15) is 0 Å². The second kappa shape index (κ2) is 8.24. The van der Waals surface area contributed by atoms with Crippen LogP contribution in [0, 0.1) is 0 Å². The number of amides is 1. The van der Waals surface area contributed by atoms with Crippen LogP contribution in [0.2, 0.25) is 0 Å². The van der Waals surface area contributed by atoms with E-state index in [1.165, 1.54) is 12.1 Å². The van der Waals surface area contributed by atoms with Crippen molar-refractivity contribution < 1.29 is 13.2 Å². The number of carbonyl (C=O) groups excluding carboxylic acids is 1. The first-order valence-electron chi connectivity index (χ1n) is 8.01. The minimum absolute atomic E-state index is 0.0448. The quantitative estimate of drug-likeness (QED) is 0.700. The summed E-state index contributed by atoms with van der Waals surface area (Å²) < 4.78 is 27.8. The Morgan fingerprint density at radius 2 is 1.76 bits per heavy atom. The second-order valence-electron chi connectivity index (χ2n) is 5.89. The Hall–Kier alpha value is -2.22. The Morgan fingerprint density at radius 3 is 2.40 bits per heavy atom. The van der Waals surface area contributed by atoms with E-state index in [1.54, 1.807) is 26.0 Å². The molecular weight excluding hydrogens is 338 g/mol. The zero-order chi connectivity index (χ0) is 18.4. The molecule has 0 aliphatic carbocycles. The minimum Gasteiger partial charge on any atom is -0.348 e. The van der Waals surface area contributed by atoms with Crippen LogP contribution in [0.4, 0.5) is 0 Å². The van der Waals surface area contributed by atoms with Crippen molar-refractivity contribution in [3.63, 3.8) is 0 Å². The number of hydrogen-bond acceptors (Lipinski definition) is 4. The highest BCUT2D eigenvalue weighted by molar-refractivity contribution is 7.89. The van der Waals surface area contributed by atoms with Gasteiger partial charge in [-0.05, 0) is 37.6 Å². The molecule has 4 N–H and O–H groups in total. The molecule has 2 atom stereocenters. The van der Waals surface area contributed by atoms with Gasteiger partial charge in [0.25, 0.3) is 5.91 Å². The average molecular weight is 361 g/mol. The van der Waals surface area contributed by atoms with Gasteiger partial charge in [-0.3, -0.25) is 4.79 Å². The molecule has 0 aliphatic rings. The lowest BCUT2D eigenvalue weighted by Crippen LogP contribution is -2.37. The molecule has 0 radical (unpaired) electrons. The van der Waals surface area contributed by atoms with Gasteiger partial charge in [0, 0.05) is 24.2 Å². The maximum absolute atomic E-state index is 12.6. The second-order valence-corrected chi connectivity index (χ2v) is 7.61. The highest BCUT2D eigenvalue weighted by Crippen LogP contribution is 2.17. The lowest BCUT2D eigenvalue weighted by atomic mass is 10.1. The van der Waals surface area contributed by atoms with Gasteiger partial charge >= 0.3 is 0 Å². The largest absolute Gasteiger partial charge is 0.348 e. The molecule has 134 valence electrons. The van der Waals surface area contributed by atoms with Crippen LogP contribution in [0.3, 0.4) is 0 Å². The van der Waals surface area contributed by atoms with Crippen molar-refractivity contribution in [2.24, 2.45) is 5.73 Å². The van der Waals surface area contributed by atoms with Gasteiger partial charge in [0.1, 0.15) is 0 Å². The molecule has 0 fully saturated rings. The standard InChI is InChI=1S/C18H23N3O3S/c1-13(12-19)20-18(22)16-9-6-10-17(11-16)25(23,24)21-14(2)15-7-4-3-5-8-15/h3-11,13-14,21H,12,19H2,1-2H3,(H,20,22)/t13-,14?/m0/s1. The molecule has 0 saturated carbocycles. The van der Waals surface area contributed by atoms with Crippen molar-refractivity contribution in [2.75, 3.05) is 6.54 Å². The van der Waals surface area contributed by atoms with Crippen LogP contribution in [-0.4, -0.2) is 26.9 Å². The summed E-state index contributed by atoms with van der Waals surface area (Å²) in [5.74, 6) is -0.355. The third-order valence-electron chi connectivity index (χ3n) is 3.77. The van der Waals surface area contributed by atoms with Crippen molar-refractivity contribution in [3.8, 4) is 0 Å². The Bertz CT molecular complexity index is 822. The number of rotatable bonds is 7. The molecule has 0 aliphatic heterocycles. The summed E-state index contributed by atoms with van der Waals surface area (Å²) in [5, 5.41) is 2.71. The van der Waals surface area contributed by atoms with Crippen molar-refractivity contribution in [3.05, 3.63) is 65.7 Å². The molecule has 25 heavy (non-hydrogen) atoms. The lowest BCUT2D eigenvalue weighted by molar-refractivity contribution is 0.0941. The zero-order valence-electron chi connectivity index (χ0n) is 14.3. The van der Waals surface area contributed by atoms with Crippen molar-refractivity contribution in [2.45, 2.75) is 30.8 Å². The molecule has 2 rings (SSSR count). The van der Waals surface area contributed by atoms with Crippen LogP contribution in [0.15, 0.2) is 59.5 Å². The van der Waals surface area contributed by atoms with E-state index in [1.807, 2.05) is 30.3 Å². The Morgan fingerprint density at radius 1 is 1.08 bits per heavy atom. The molecule has 0 aromatic heterocycles. The van der Waals surface area contributed by atoms with Crippen molar-refractivity contribution in [1.82, 2.24) is 10.0 Å². The molecule has 2 aromatic rings. The van der Waals surface area contributed by atoms with E-state index < -0.39 is 10.0 Å². The first-order chi connectivity index (χ1) is 11.8. The van der Waals surface area contributed by atoms with Crippen LogP contribution in [0.25, 0.3) is 0 Å². The summed E-state index contributed by atoms with van der Waals surface area (Å²) in [6, 6.07) is 14.6. The number of nitrogens with one attached hydrogen (secondary N) is 2. The Kier molecular flexibility index (Phi) is 6.30. The van der Waals surface area contributed by atoms with Gasteiger partial charge in [0.15, 0.2) is 0 Å². The fourth-order valence-electron chi connectivity index (χ4n) is 2.28. The molecule has 0 spiro atoms. The van der Waals surface area contributed by atoms with Crippen molar-refractivity contribution in [1.29, 1.82) is 0 Å². The van der Waals surface area contributed by atoms with Crippen molar-refractivity contribution >= 4 is 15.9 Å². The fraction of sp³-hybridized carbons (Fsp3) is 0.278. The SMILES string of the molecule is CC(NS(=O)(=O)c1cccc(C(=O)N[C@@H](C)CN)c1)c1ccccc1. The number of nitrogens with two attached hydrogens (primary N) is 1. The molecular formula is C18H23N3O3S. The minimum atomic E-state index is -3.75. The van der Waals surface area contributed by atoms with Gasteiger partial charge in [-0.15, -0.1) is 0 Å². The molecule has 1 amide bonds. The van der Waals surface area contributed by atoms with Crippen LogP contribution in [0.5, 0.6) is 0 Å². The summed E-state index contributed by atoms with van der Waals surface area (Å²) in [6.45, 7) is 3.85. The van der Waals surface area contributed by atoms with Gasteiger partial charge in [-0.1, -0.05) is 36.4 Å². The average Bonchev–Trinajstić information content (AvgIpc) is 2.62. The highest BCUT2D eigenvalue weighted by Gasteiger charge is 2.20. The zero-order valence-corrected chi connectivity index (χ0v) is 15.1. The van der Waals surface area contributed by atoms with E-state index in [0.29, 0.717) is 6.54 Å². The summed E-state index contributed by atoms with van der Waals surface area (Å²) in [5.41, 5.74) is 6.62. The predicted molar refractivity (Wildman–Crippen MR) is 97.6 cm³/mol. The normalized spacial score (nSPS) is 13.9. The number of hydrogen-bond donors (Lipinski definition) is 3. The highest BCUT2D eigenvalue weighted by atomic mass is 32.2. The summed E-state index contributed by atoms with van der Waals surface area (Å²) >= 11 is 0. The fourth-order valence-corrected chi connectivity index (χ4v) is 3.56. The molecule has 1 unspecified atom stereocenters. The first-order valence-corrected chi connectivity index (χ1v) is 9.50. The van der Waals surface area contributed by atoms with E-state index >= 15 is 0 Å². The maximum atomic E-state index is 12.6. The van der Waals surface area contributed by atoms with Crippen LogP contribution < -0.4 is 15.8 Å². The van der Waals surface area contributed by atoms with Crippen LogP contribution in [0.1, 0.15) is 35.8 Å². The number of carbonyl (C=O) groups is 1. The third-order valence-corrected chi connectivity index (χ3v) is 5.31. The van der Waals surface area contributed by atoms with Gasteiger partial charge in [0.2, 0.25) is 10.0 Å². The van der Waals surface area contributed by atoms with E-state index in [4.69, 9.17) is 5.73 Å². The van der Waals surface area contributed by atoms with E-state index in [2.05, 4.69) is 10.0 Å². The molecule has 7 heteroatoms. The van der Waals surface area contributed by atoms with Crippen LogP contribution in [-0.2, 0) is 10.0 Å². The van der Waals surface area contributed by atoms with Gasteiger partial charge in [-0.25, -0.2) is 13.1 Å². The molecule has 0 bridgehead atoms. The molecule has 6 nitrogen and oxygen atoms in total. The molecule has 2 aromatic carbocycles. The first kappa shape index (κ1) is 19.1. The Labute approximate surface area is 148 Å². The van der Waals surface area contributed by atoms with Gasteiger partial charge in [0.05, 0.1) is 4.90 Å². The summed E-state index contributed by atoms with van der Waals surface area (Å²) in [6.07, 6.45) is 0. The van der Waals surface area contributed by atoms with E-state index in [-0.39, 0.29) is 28.4 Å². The van der Waals surface area contributed by atoms with E-state index in [0.717, 1.165) is 5.56 Å². The Balaban J connectivity index is 2.19. The predicted octanol–water partition coefficient (Wildman–Crippen LogP) is 1.80. The molecule has 0 heterocycles. The van der Waals surface area contributed by atoms with Crippen LogP contribution >= 0.6 is 0 Å².